The first-order valence-corrected chi connectivity index (χ1v) is 5.31. The molecule has 6 heteroatoms. The van der Waals surface area contributed by atoms with Gasteiger partial charge in [-0.25, -0.2) is 4.99 Å². The lowest BCUT2D eigenvalue weighted by molar-refractivity contribution is -0.120. The van der Waals surface area contributed by atoms with Crippen LogP contribution in [0.25, 0.3) is 0 Å². The van der Waals surface area contributed by atoms with Crippen molar-refractivity contribution in [1.29, 1.82) is 5.26 Å². The van der Waals surface area contributed by atoms with E-state index < -0.39 is 11.9 Å². The van der Waals surface area contributed by atoms with Crippen molar-refractivity contribution in [2.24, 2.45) is 16.6 Å². The van der Waals surface area contributed by atoms with Gasteiger partial charge < -0.3 is 5.73 Å². The van der Waals surface area contributed by atoms with Crippen LogP contribution in [0.3, 0.4) is 0 Å². The molecule has 0 rings (SSSR count). The lowest BCUT2D eigenvalue weighted by Gasteiger charge is -2.13. The monoisotopic (exact) mass is 214 g/mol. The van der Waals surface area contributed by atoms with Gasteiger partial charge in [0.15, 0.2) is 11.4 Å². The molecule has 0 fully saturated rings. The molecule has 5 nitrogen and oxygen atoms in total. The molecular weight excluding hydrogens is 200 g/mol. The van der Waals surface area contributed by atoms with E-state index in [9.17, 15) is 4.79 Å². The average molecular weight is 214 g/mol. The lowest BCUT2D eigenvalue weighted by atomic mass is 10.1. The molecule has 14 heavy (non-hydrogen) atoms. The maximum Gasteiger partial charge on any atom is 0.242 e. The predicted octanol–water partition coefficient (Wildman–Crippen LogP) is 0.286. The number of aliphatic imine (C=N–C) groups is 1. The largest absolute Gasteiger partial charge is 0.368 e. The molecule has 1 unspecified atom stereocenters. The second kappa shape index (κ2) is 6.27. The highest BCUT2D eigenvalue weighted by atomic mass is 32.2. The molecule has 0 spiro atoms. The van der Waals surface area contributed by atoms with Gasteiger partial charge >= 0.3 is 0 Å². The van der Waals surface area contributed by atoms with E-state index in [1.807, 2.05) is 13.8 Å². The minimum Gasteiger partial charge on any atom is -0.368 e. The van der Waals surface area contributed by atoms with Crippen LogP contribution >= 0.6 is 11.8 Å². The first kappa shape index (κ1) is 12.8. The van der Waals surface area contributed by atoms with Gasteiger partial charge in [0.2, 0.25) is 5.91 Å². The minimum atomic E-state index is -0.585. The molecule has 0 heterocycles. The van der Waals surface area contributed by atoms with E-state index in [1.54, 1.807) is 12.4 Å². The molecule has 0 aromatic rings. The number of nitrogens with two attached hydrogens (primary N) is 1. The van der Waals surface area contributed by atoms with E-state index in [0.29, 0.717) is 5.17 Å². The Balaban J connectivity index is 4.69. The highest BCUT2D eigenvalue weighted by Crippen LogP contribution is 2.08. The number of amidine groups is 1. The summed E-state index contributed by atoms with van der Waals surface area (Å²) in [6.45, 7) is 3.70. The summed E-state index contributed by atoms with van der Waals surface area (Å²) in [5, 5.41) is 11.2. The van der Waals surface area contributed by atoms with Crippen molar-refractivity contribution in [3.8, 4) is 6.19 Å². The van der Waals surface area contributed by atoms with E-state index in [0.717, 1.165) is 0 Å². The van der Waals surface area contributed by atoms with E-state index in [-0.39, 0.29) is 5.92 Å². The van der Waals surface area contributed by atoms with Gasteiger partial charge in [-0.1, -0.05) is 25.6 Å². The lowest BCUT2D eigenvalue weighted by Crippen LogP contribution is -2.33. The SMILES string of the molecule is CSC(=NC(C(N)=O)C(C)C)NC#N. The van der Waals surface area contributed by atoms with Crippen LogP contribution in [0.1, 0.15) is 13.8 Å². The van der Waals surface area contributed by atoms with Gasteiger partial charge in [-0.05, 0) is 12.2 Å². The Labute approximate surface area is 87.8 Å². The molecule has 1 atom stereocenters. The number of nitrogens with one attached hydrogen (secondary N) is 1. The number of thioether (sulfide) groups is 1. The van der Waals surface area contributed by atoms with Crippen molar-refractivity contribution in [3.63, 3.8) is 0 Å². The predicted molar refractivity (Wildman–Crippen MR) is 57.5 cm³/mol. The van der Waals surface area contributed by atoms with Crippen LogP contribution in [0.2, 0.25) is 0 Å². The fourth-order valence-corrected chi connectivity index (χ4v) is 1.22. The summed E-state index contributed by atoms with van der Waals surface area (Å²) in [6.07, 6.45) is 3.51. The van der Waals surface area contributed by atoms with Crippen molar-refractivity contribution >= 4 is 22.8 Å². The summed E-state index contributed by atoms with van der Waals surface area (Å²) < 4.78 is 0. The van der Waals surface area contributed by atoms with Gasteiger partial charge in [0.25, 0.3) is 0 Å². The molecular formula is C8H14N4OS. The van der Waals surface area contributed by atoms with E-state index in [2.05, 4.69) is 10.3 Å². The molecule has 1 amide bonds. The van der Waals surface area contributed by atoms with Crippen molar-refractivity contribution in [1.82, 2.24) is 5.32 Å². The van der Waals surface area contributed by atoms with Crippen molar-refractivity contribution in [3.05, 3.63) is 0 Å². The number of carbonyl (C=O) groups is 1. The average Bonchev–Trinajstić information content (AvgIpc) is 2.10. The Bertz CT molecular complexity index is 269. The third-order valence-electron chi connectivity index (χ3n) is 1.54. The van der Waals surface area contributed by atoms with Crippen LogP contribution < -0.4 is 11.1 Å². The van der Waals surface area contributed by atoms with Gasteiger partial charge in [-0.15, -0.1) is 0 Å². The zero-order chi connectivity index (χ0) is 11.1. The maximum absolute atomic E-state index is 11.0. The Kier molecular flexibility index (Phi) is 5.72. The van der Waals surface area contributed by atoms with Crippen LogP contribution in [-0.2, 0) is 4.79 Å². The van der Waals surface area contributed by atoms with Crippen molar-refractivity contribution in [2.75, 3.05) is 6.26 Å². The molecule has 0 aromatic carbocycles. The van der Waals surface area contributed by atoms with Crippen molar-refractivity contribution in [2.45, 2.75) is 19.9 Å². The van der Waals surface area contributed by atoms with E-state index >= 15 is 0 Å². The van der Waals surface area contributed by atoms with Crippen LogP contribution in [0.5, 0.6) is 0 Å². The normalized spacial score (nSPS) is 13.5. The number of amides is 1. The maximum atomic E-state index is 11.0. The molecule has 0 bridgehead atoms. The Morgan fingerprint density at radius 2 is 2.21 bits per heavy atom. The number of rotatable bonds is 3. The highest BCUT2D eigenvalue weighted by Gasteiger charge is 2.18. The molecule has 0 saturated carbocycles. The molecule has 0 aliphatic rings. The van der Waals surface area contributed by atoms with Gasteiger partial charge in [0, 0.05) is 0 Å². The minimum absolute atomic E-state index is 0.0233. The van der Waals surface area contributed by atoms with Crippen LogP contribution in [0.15, 0.2) is 4.99 Å². The zero-order valence-electron chi connectivity index (χ0n) is 8.44. The summed E-state index contributed by atoms with van der Waals surface area (Å²) in [5.74, 6) is -0.457. The molecule has 0 radical (unpaired) electrons. The number of hydrogen-bond acceptors (Lipinski definition) is 4. The molecule has 0 aliphatic heterocycles. The second-order valence-electron chi connectivity index (χ2n) is 2.97. The smallest absolute Gasteiger partial charge is 0.242 e. The van der Waals surface area contributed by atoms with Crippen LogP contribution in [-0.4, -0.2) is 23.4 Å². The Morgan fingerprint density at radius 3 is 2.50 bits per heavy atom. The van der Waals surface area contributed by atoms with Gasteiger partial charge in [0.05, 0.1) is 0 Å². The third kappa shape index (κ3) is 4.14. The number of carbonyl (C=O) groups excluding carboxylic acids is 1. The van der Waals surface area contributed by atoms with Crippen LogP contribution in [0.4, 0.5) is 0 Å². The summed E-state index contributed by atoms with van der Waals surface area (Å²) in [4.78, 5) is 15.0. The summed E-state index contributed by atoms with van der Waals surface area (Å²) in [6, 6.07) is -0.585. The number of nitriles is 1. The number of primary amides is 1. The highest BCUT2D eigenvalue weighted by molar-refractivity contribution is 8.13. The first-order valence-electron chi connectivity index (χ1n) is 4.09. The molecule has 3 N–H and O–H groups in total. The van der Waals surface area contributed by atoms with Crippen molar-refractivity contribution < 1.29 is 4.79 Å². The number of hydrogen-bond donors (Lipinski definition) is 2. The summed E-state index contributed by atoms with van der Waals surface area (Å²) >= 11 is 1.27. The third-order valence-corrected chi connectivity index (χ3v) is 2.13. The topological polar surface area (TPSA) is 91.3 Å². The van der Waals surface area contributed by atoms with E-state index in [4.69, 9.17) is 11.0 Å². The fraction of sp³-hybridized carbons (Fsp3) is 0.625. The molecule has 0 aromatic heterocycles. The standard InChI is InChI=1S/C8H14N4OS/c1-5(2)6(7(10)13)12-8(14-3)11-4-9/h5-6H,1-3H3,(H2,10,13)(H,11,12). The molecule has 78 valence electrons. The summed E-state index contributed by atoms with van der Waals surface area (Å²) in [5.41, 5.74) is 5.17. The zero-order valence-corrected chi connectivity index (χ0v) is 9.26. The summed E-state index contributed by atoms with van der Waals surface area (Å²) in [7, 11) is 0. The quantitative estimate of drug-likeness (QED) is 0.305. The van der Waals surface area contributed by atoms with Gasteiger partial charge in [-0.3, -0.25) is 10.1 Å². The van der Waals surface area contributed by atoms with Gasteiger partial charge in [-0.2, -0.15) is 5.26 Å². The first-order chi connectivity index (χ1) is 6.52. The Morgan fingerprint density at radius 1 is 1.64 bits per heavy atom. The van der Waals surface area contributed by atoms with Gasteiger partial charge in [0.1, 0.15) is 6.04 Å². The van der Waals surface area contributed by atoms with E-state index in [1.165, 1.54) is 11.8 Å². The fourth-order valence-electron chi connectivity index (χ4n) is 0.851. The van der Waals surface area contributed by atoms with Crippen LogP contribution in [0, 0.1) is 17.4 Å². The molecule has 0 saturated heterocycles. The number of nitrogens with zero attached hydrogens (tertiary/aromatic N) is 2. The second-order valence-corrected chi connectivity index (χ2v) is 3.76. The molecule has 0 aliphatic carbocycles. The Hall–Kier alpha value is -1.22.